The number of aliphatic hydroxyl groups is 4. The highest BCUT2D eigenvalue weighted by Gasteiger charge is 2.71. The van der Waals surface area contributed by atoms with Gasteiger partial charge in [0.05, 0.1) is 117 Å². The van der Waals surface area contributed by atoms with Crippen LogP contribution in [0, 0.1) is 48.3 Å². The van der Waals surface area contributed by atoms with Crippen molar-refractivity contribution in [3.05, 3.63) is 179 Å². The number of hydrogen-bond donors (Lipinski definition) is 6. The van der Waals surface area contributed by atoms with Crippen molar-refractivity contribution in [2.75, 3.05) is 57.5 Å². The molecule has 6 aromatic carbocycles. The Bertz CT molecular complexity index is 6420. The highest BCUT2D eigenvalue weighted by Crippen LogP contribution is 2.70. The lowest BCUT2D eigenvalue weighted by Crippen LogP contribution is -2.67. The summed E-state index contributed by atoms with van der Waals surface area (Å²) in [4.78, 5) is 80.4. The van der Waals surface area contributed by atoms with Crippen LogP contribution in [0.5, 0.6) is 0 Å². The van der Waals surface area contributed by atoms with E-state index in [1.54, 1.807) is 171 Å². The fraction of sp³-hybridized carbons (Fsp3) is 0.552. The van der Waals surface area contributed by atoms with Crippen LogP contribution in [-0.2, 0) is 111 Å². The molecule has 36 nitrogen and oxygen atoms in total. The molecular formula is C105H134N8O28S4. The SMILES string of the molecule is Cc1ccc(S(=O)(=O)N(CCCC(=O)NCCCCO/N=C/C[C@H](O[C@H]2[C@@H](O)C[C@H](O[C@H]3[C@@H](O)C[C@H](O[C@H]4CC[C@@]5(C)[C@H](CC[C@@H]6[C@@H]5C[C@@H](O)[C@]5(C)[C@@H](C7=CC(=O)OC7)CC[C@]65O)C4)O[C@@H]3C)O[C@@H]2C)O[C@H](C)/C=N/OCCCCNC(=O)CCCN(C(=O)c2c3ccccc3[n+](CCCS(=O)(=O)[O-])c3ccccc23)S(=O)(=O)c2ccc(C)cc2)C(=O)c2c3ccccc3[n+](CCCS(=O)(=O)[O-])c3ccccc23)cc1. The summed E-state index contributed by atoms with van der Waals surface area (Å²) in [5.41, 5.74) is 2.53. The number of oxime groups is 2. The van der Waals surface area contributed by atoms with Crippen molar-refractivity contribution in [3.8, 4) is 0 Å². The minimum atomic E-state index is -4.54. The molecule has 4 aliphatic carbocycles. The van der Waals surface area contributed by atoms with Gasteiger partial charge in [-0.05, 0) is 208 Å². The van der Waals surface area contributed by atoms with Gasteiger partial charge in [-0.2, -0.15) is 9.13 Å². The number of aryl methyl sites for hydroxylation is 4. The highest BCUT2D eigenvalue weighted by atomic mass is 32.2. The third kappa shape index (κ3) is 25.3. The summed E-state index contributed by atoms with van der Waals surface area (Å²) >= 11 is 0. The Hall–Kier alpha value is -9.99. The molecule has 786 valence electrons. The number of sulfonamides is 2. The van der Waals surface area contributed by atoms with E-state index in [1.807, 2.05) is 6.92 Å². The van der Waals surface area contributed by atoms with Crippen LogP contribution in [0.15, 0.2) is 177 Å². The molecule has 2 saturated heterocycles. The van der Waals surface area contributed by atoms with Gasteiger partial charge in [0, 0.05) is 125 Å². The number of para-hydroxylation sites is 4. The van der Waals surface area contributed by atoms with E-state index in [4.69, 9.17) is 42.8 Å². The molecule has 6 N–H and O–H groups in total. The highest BCUT2D eigenvalue weighted by molar-refractivity contribution is 7.90. The lowest BCUT2D eigenvalue weighted by molar-refractivity contribution is -0.645. The quantitative estimate of drug-likeness (QED) is 0.00237. The lowest BCUT2D eigenvalue weighted by atomic mass is 9.42. The van der Waals surface area contributed by atoms with Gasteiger partial charge in [-0.25, -0.2) is 47.1 Å². The fourth-order valence-corrected chi connectivity index (χ4v) is 26.8. The number of nitrogens with zero attached hydrogens (tertiary/aromatic N) is 6. The normalized spacial score (nSPS) is 26.6. The van der Waals surface area contributed by atoms with Crippen LogP contribution in [0.25, 0.3) is 43.6 Å². The van der Waals surface area contributed by atoms with Crippen LogP contribution in [0.1, 0.15) is 201 Å². The van der Waals surface area contributed by atoms with E-state index >= 15 is 9.59 Å². The Balaban J connectivity index is 0.535. The summed E-state index contributed by atoms with van der Waals surface area (Å²) in [5, 5.41) is 64.3. The average molecular weight is 2080 g/mol. The number of aliphatic hydroxyl groups excluding tert-OH is 3. The zero-order valence-corrected chi connectivity index (χ0v) is 86.1. The first-order valence-electron chi connectivity index (χ1n) is 50.4. The molecule has 6 fully saturated rings. The van der Waals surface area contributed by atoms with Crippen LogP contribution in [0.2, 0.25) is 0 Å². The van der Waals surface area contributed by atoms with E-state index in [-0.39, 0.29) is 179 Å². The predicted octanol–water partition coefficient (Wildman–Crippen LogP) is 10.6. The van der Waals surface area contributed by atoms with Crippen LogP contribution < -0.4 is 19.8 Å². The molecular weight excluding hydrogens is 1950 g/mol. The summed E-state index contributed by atoms with van der Waals surface area (Å²) in [6, 6.07) is 39.5. The summed E-state index contributed by atoms with van der Waals surface area (Å²) < 4.78 is 178. The second-order valence-electron chi connectivity index (χ2n) is 40.0. The van der Waals surface area contributed by atoms with Crippen molar-refractivity contribution in [3.63, 3.8) is 0 Å². The van der Waals surface area contributed by atoms with E-state index in [1.165, 1.54) is 36.7 Å². The van der Waals surface area contributed by atoms with Gasteiger partial charge in [-0.1, -0.05) is 108 Å². The maximum atomic E-state index is 15.2. The number of ether oxygens (including phenoxy) is 7. The molecule has 0 radical (unpaired) electrons. The van der Waals surface area contributed by atoms with Crippen molar-refractivity contribution >= 4 is 126 Å². The number of benzene rings is 6. The molecule has 15 rings (SSSR count). The maximum Gasteiger partial charge on any atom is 0.331 e. The molecule has 0 spiro atoms. The van der Waals surface area contributed by atoms with Crippen LogP contribution >= 0.6 is 0 Å². The number of carbonyl (C=O) groups is 5. The van der Waals surface area contributed by atoms with Crippen LogP contribution in [0.4, 0.5) is 0 Å². The smallest absolute Gasteiger partial charge is 0.331 e. The number of amides is 4. The molecule has 8 aromatic rings. The number of rotatable bonds is 46. The molecule has 2 aromatic heterocycles. The van der Waals surface area contributed by atoms with Gasteiger partial charge in [0.2, 0.25) is 33.9 Å². The molecule has 19 atom stereocenters. The van der Waals surface area contributed by atoms with Crippen molar-refractivity contribution in [1.82, 2.24) is 19.2 Å². The van der Waals surface area contributed by atoms with Crippen LogP contribution in [0.3, 0.4) is 0 Å². The molecule has 3 aliphatic heterocycles. The van der Waals surface area contributed by atoms with Gasteiger partial charge in [0.15, 0.2) is 32.0 Å². The van der Waals surface area contributed by atoms with Crippen molar-refractivity contribution in [1.29, 1.82) is 0 Å². The Morgan fingerprint density at radius 2 is 1.03 bits per heavy atom. The Labute approximate surface area is 846 Å². The monoisotopic (exact) mass is 2080 g/mol. The minimum absolute atomic E-state index is 0.00868. The van der Waals surface area contributed by atoms with Crippen LogP contribution in [-0.4, -0.2) is 251 Å². The van der Waals surface area contributed by atoms with E-state index in [2.05, 4.69) is 27.9 Å². The van der Waals surface area contributed by atoms with Gasteiger partial charge in [0.1, 0.15) is 32.0 Å². The number of carbonyl (C=O) groups excluding carboxylic acids is 5. The molecule has 0 bridgehead atoms. The van der Waals surface area contributed by atoms with Gasteiger partial charge >= 0.3 is 5.97 Å². The first-order chi connectivity index (χ1) is 69.1. The number of pyridine rings is 2. The number of cyclic esters (lactones) is 1. The number of unbranched alkanes of at least 4 members (excludes halogenated alkanes) is 2. The molecule has 0 unspecified atom stereocenters. The summed E-state index contributed by atoms with van der Waals surface area (Å²) in [6.45, 7) is 13.5. The second-order valence-corrected chi connectivity index (χ2v) is 46.8. The average Bonchev–Trinajstić information content (AvgIpc) is 1.54. The van der Waals surface area contributed by atoms with Crippen molar-refractivity contribution < 1.29 is 139 Å². The topological polar surface area (TPSA) is 495 Å². The first-order valence-corrected chi connectivity index (χ1v) is 56.4. The number of aromatic nitrogens is 2. The van der Waals surface area contributed by atoms with Crippen molar-refractivity contribution in [2.45, 2.75) is 286 Å². The number of esters is 1. The molecule has 145 heavy (non-hydrogen) atoms. The largest absolute Gasteiger partial charge is 0.748 e. The summed E-state index contributed by atoms with van der Waals surface area (Å²) in [6.07, 6.45) is 1.44. The summed E-state index contributed by atoms with van der Waals surface area (Å²) in [5.74, 6) is -3.89. The maximum absolute atomic E-state index is 15.2. The van der Waals surface area contributed by atoms with Crippen molar-refractivity contribution in [2.24, 2.45) is 44.8 Å². The number of fused-ring (bicyclic) bond motifs is 9. The van der Waals surface area contributed by atoms with Gasteiger partial charge < -0.3 is 83.0 Å². The number of hydrogen-bond acceptors (Lipinski definition) is 30. The number of nitrogens with one attached hydrogen (secondary N) is 2. The Kier molecular flexibility index (Phi) is 35.6. The zero-order valence-electron chi connectivity index (χ0n) is 82.9. The first kappa shape index (κ1) is 109. The molecule has 4 amide bonds. The zero-order chi connectivity index (χ0) is 104. The van der Waals surface area contributed by atoms with Gasteiger partial charge in [0.25, 0.3) is 31.9 Å². The van der Waals surface area contributed by atoms with E-state index in [0.717, 1.165) is 57.4 Å². The van der Waals surface area contributed by atoms with E-state index in [0.29, 0.717) is 88.6 Å². The Morgan fingerprint density at radius 1 is 0.566 bits per heavy atom. The fourth-order valence-electron chi connectivity index (χ4n) is 23.0. The standard InChI is InChI=1S/C105H134N8O28S4/c1-67-34-39-75(40-35-67)144(129,130)112(101(120)97-77-24-8-12-28-84(77)110(52-22-58-142(123,124)125)85-29-13-9-25-78(85)97)54-20-32-91(117)106-49-16-18-56-134-108-51-46-94(140-99-70(4)138-96(64-89(99)115)141-100-71(5)137-95(63-88(100)114)139-74-44-47-103(6)73(61-74)38-43-82-83(103)62-90(116)104(7)81(45-48-105(82,104)122)72-60-93(119)133-66-72)136-69(3)65-109-135-57-19-17-50-107-92(118)33-21-55-113(145(131,132)76-41-36-68(2)37-42-76)102(121)98-79-26-10-14-30-86(79)111(53-23-59-143(126,127)128)87-31-15-11-27-80(87)98/h8-15,24-31,34-37,39-42,51,60,65,69-71,73-74,81-83,88-90,94-96,99-100,114-116,122H,16-23,32-33,38,43-50,52-59,61-64,66H2,1-7H3,(H2-2,106,107,117,118,123,124,125,126,127,128)/b108-51+,109-65+/t69-,70-,71-,73-,74+,81-,82-,83+,88+,89+,90-,94+,95+,96+,99-,100-,103+,104+,105+/m1/s1. The molecule has 7 aliphatic rings. The molecule has 40 heteroatoms. The third-order valence-corrected chi connectivity index (χ3v) is 35.6. The predicted molar refractivity (Wildman–Crippen MR) is 533 cm³/mol. The Morgan fingerprint density at radius 3 is 1.50 bits per heavy atom. The third-order valence-electron chi connectivity index (χ3n) is 30.4. The lowest BCUT2D eigenvalue weighted by Gasteiger charge is -2.65. The summed E-state index contributed by atoms with van der Waals surface area (Å²) in [7, 11) is -18.1. The molecule has 5 heterocycles. The van der Waals surface area contributed by atoms with E-state index in [9.17, 15) is 77.6 Å². The molecule has 4 saturated carbocycles. The minimum Gasteiger partial charge on any atom is -0.748 e. The second kappa shape index (κ2) is 47.2. The van der Waals surface area contributed by atoms with Gasteiger partial charge in [-0.3, -0.25) is 19.2 Å². The van der Waals surface area contributed by atoms with E-state index < -0.39 is 154 Å². The van der Waals surface area contributed by atoms with Gasteiger partial charge in [-0.15, -0.1) is 0 Å².